The van der Waals surface area contributed by atoms with Crippen molar-refractivity contribution >= 4 is 29.3 Å². The molecule has 0 aromatic heterocycles. The van der Waals surface area contributed by atoms with Crippen LogP contribution >= 0.6 is 0 Å². The monoisotopic (exact) mass is 305 g/mol. The molecular weight excluding hydrogens is 293 g/mol. The number of hydrogen-bond donors (Lipinski definition) is 2. The van der Waals surface area contributed by atoms with Crippen molar-refractivity contribution in [3.63, 3.8) is 0 Å². The first-order valence-corrected chi connectivity index (χ1v) is 6.67. The topological polar surface area (TPSA) is 95.6 Å². The minimum absolute atomic E-state index is 0.0387. The van der Waals surface area contributed by atoms with Crippen LogP contribution in [-0.4, -0.2) is 41.6 Å². The number of benzene rings is 1. The second-order valence-corrected chi connectivity index (χ2v) is 5.04. The molecule has 3 rings (SSSR count). The molecule has 0 bridgehead atoms. The summed E-state index contributed by atoms with van der Waals surface area (Å²) in [4.78, 5) is 48.8. The maximum Gasteiger partial charge on any atom is 0.264 e. The Labute approximate surface area is 124 Å². The summed E-state index contributed by atoms with van der Waals surface area (Å²) in [6, 6.07) is 1.25. The highest BCUT2D eigenvalue weighted by atomic mass is 19.1. The summed E-state index contributed by atoms with van der Waals surface area (Å²) in [5.41, 5.74) is -0.122. The molecule has 0 spiro atoms. The molecule has 1 saturated heterocycles. The van der Waals surface area contributed by atoms with Crippen LogP contribution in [0.2, 0.25) is 0 Å². The van der Waals surface area contributed by atoms with Crippen molar-refractivity contribution in [3.05, 3.63) is 29.1 Å². The lowest BCUT2D eigenvalue weighted by molar-refractivity contribution is -0.136. The standard InChI is InChI=1S/C14H12FN3O4/c1-16-11-7(15)3-2-6-10(11)14(22)18(13(6)21)8-4-5-9(19)17-12(8)20/h2-3,8,16H,4-5H2,1H3,(H,17,19,20). The highest BCUT2D eigenvalue weighted by Crippen LogP contribution is 2.33. The maximum atomic E-state index is 13.8. The highest BCUT2D eigenvalue weighted by Gasteiger charge is 2.46. The van der Waals surface area contributed by atoms with Crippen LogP contribution < -0.4 is 10.6 Å². The normalized spacial score (nSPS) is 21.0. The van der Waals surface area contributed by atoms with E-state index in [2.05, 4.69) is 10.6 Å². The summed E-state index contributed by atoms with van der Waals surface area (Å²) in [6.45, 7) is 0. The summed E-state index contributed by atoms with van der Waals surface area (Å²) in [6.07, 6.45) is 0.102. The van der Waals surface area contributed by atoms with Gasteiger partial charge in [-0.3, -0.25) is 29.4 Å². The second kappa shape index (κ2) is 4.90. The Hall–Kier alpha value is -2.77. The molecule has 1 fully saturated rings. The number of carbonyl (C=O) groups is 4. The fourth-order valence-corrected chi connectivity index (χ4v) is 2.78. The molecule has 0 radical (unpaired) electrons. The zero-order valence-electron chi connectivity index (χ0n) is 11.6. The molecule has 0 aliphatic carbocycles. The van der Waals surface area contributed by atoms with E-state index in [-0.39, 0.29) is 29.7 Å². The largest absolute Gasteiger partial charge is 0.385 e. The highest BCUT2D eigenvalue weighted by molar-refractivity contribution is 6.25. The predicted octanol–water partition coefficient (Wildman–Crippen LogP) is 0.269. The van der Waals surface area contributed by atoms with Crippen LogP contribution in [0.3, 0.4) is 0 Å². The molecular formula is C14H12FN3O4. The Bertz CT molecular complexity index is 731. The lowest BCUT2D eigenvalue weighted by Gasteiger charge is -2.27. The van der Waals surface area contributed by atoms with Crippen LogP contribution in [0.5, 0.6) is 0 Å². The molecule has 1 aromatic rings. The molecule has 1 unspecified atom stereocenters. The predicted molar refractivity (Wildman–Crippen MR) is 72.6 cm³/mol. The molecule has 22 heavy (non-hydrogen) atoms. The van der Waals surface area contributed by atoms with Gasteiger partial charge in [-0.2, -0.15) is 0 Å². The van der Waals surface area contributed by atoms with Gasteiger partial charge in [-0.1, -0.05) is 0 Å². The van der Waals surface area contributed by atoms with Crippen LogP contribution in [0.1, 0.15) is 33.6 Å². The van der Waals surface area contributed by atoms with Gasteiger partial charge in [-0.15, -0.1) is 0 Å². The number of nitrogens with zero attached hydrogens (tertiary/aromatic N) is 1. The molecule has 2 N–H and O–H groups in total. The van der Waals surface area contributed by atoms with Crippen molar-refractivity contribution in [1.82, 2.24) is 10.2 Å². The van der Waals surface area contributed by atoms with Gasteiger partial charge >= 0.3 is 0 Å². The molecule has 2 heterocycles. The summed E-state index contributed by atoms with van der Waals surface area (Å²) in [7, 11) is 1.44. The number of hydrogen-bond acceptors (Lipinski definition) is 5. The summed E-state index contributed by atoms with van der Waals surface area (Å²) in [5.74, 6) is -3.20. The van der Waals surface area contributed by atoms with Crippen LogP contribution in [0.4, 0.5) is 10.1 Å². The van der Waals surface area contributed by atoms with E-state index in [1.165, 1.54) is 13.1 Å². The van der Waals surface area contributed by atoms with E-state index >= 15 is 0 Å². The summed E-state index contributed by atoms with van der Waals surface area (Å²) in [5, 5.41) is 4.66. The number of halogens is 1. The van der Waals surface area contributed by atoms with Gasteiger partial charge in [-0.25, -0.2) is 4.39 Å². The molecule has 2 aliphatic rings. The van der Waals surface area contributed by atoms with E-state index in [1.54, 1.807) is 0 Å². The van der Waals surface area contributed by atoms with Crippen LogP contribution in [-0.2, 0) is 9.59 Å². The number of imide groups is 2. The third kappa shape index (κ3) is 1.87. The number of fused-ring (bicyclic) bond motifs is 1. The molecule has 0 saturated carbocycles. The molecule has 1 atom stereocenters. The molecule has 8 heteroatoms. The lowest BCUT2D eigenvalue weighted by atomic mass is 10.0. The van der Waals surface area contributed by atoms with Gasteiger partial charge in [0.25, 0.3) is 11.8 Å². The van der Waals surface area contributed by atoms with Crippen molar-refractivity contribution in [2.75, 3.05) is 12.4 Å². The first kappa shape index (κ1) is 14.2. The van der Waals surface area contributed by atoms with E-state index in [9.17, 15) is 23.6 Å². The molecule has 4 amide bonds. The minimum atomic E-state index is -1.06. The van der Waals surface area contributed by atoms with Crippen LogP contribution in [0, 0.1) is 5.82 Å². The van der Waals surface area contributed by atoms with Crippen molar-refractivity contribution in [2.45, 2.75) is 18.9 Å². The Morgan fingerprint density at radius 1 is 1.23 bits per heavy atom. The molecule has 114 valence electrons. The third-order valence-electron chi connectivity index (χ3n) is 3.81. The van der Waals surface area contributed by atoms with Gasteiger partial charge in [0.15, 0.2) is 0 Å². The fourth-order valence-electron chi connectivity index (χ4n) is 2.78. The van der Waals surface area contributed by atoms with Crippen LogP contribution in [0.15, 0.2) is 12.1 Å². The first-order chi connectivity index (χ1) is 10.5. The number of amides is 4. The zero-order valence-corrected chi connectivity index (χ0v) is 11.6. The van der Waals surface area contributed by atoms with Gasteiger partial charge in [-0.05, 0) is 18.6 Å². The van der Waals surface area contributed by atoms with Crippen LogP contribution in [0.25, 0.3) is 0 Å². The second-order valence-electron chi connectivity index (χ2n) is 5.04. The van der Waals surface area contributed by atoms with E-state index in [0.717, 1.165) is 11.0 Å². The molecule has 1 aromatic carbocycles. The lowest BCUT2D eigenvalue weighted by Crippen LogP contribution is -2.54. The van der Waals surface area contributed by atoms with Gasteiger partial charge in [0, 0.05) is 13.5 Å². The number of nitrogens with one attached hydrogen (secondary N) is 2. The number of anilines is 1. The Balaban J connectivity index is 2.04. The van der Waals surface area contributed by atoms with Gasteiger partial charge in [0.05, 0.1) is 16.8 Å². The molecule has 7 nitrogen and oxygen atoms in total. The Morgan fingerprint density at radius 3 is 2.59 bits per heavy atom. The average molecular weight is 305 g/mol. The quantitative estimate of drug-likeness (QED) is 0.765. The zero-order chi connectivity index (χ0) is 16.0. The SMILES string of the molecule is CNc1c(F)ccc2c1C(=O)N(C1CCC(=O)NC1=O)C2=O. The third-order valence-corrected chi connectivity index (χ3v) is 3.81. The van der Waals surface area contributed by atoms with Crippen molar-refractivity contribution in [2.24, 2.45) is 0 Å². The Kier molecular flexibility index (Phi) is 3.16. The first-order valence-electron chi connectivity index (χ1n) is 6.67. The molecule has 2 aliphatic heterocycles. The number of piperidine rings is 1. The number of carbonyl (C=O) groups excluding carboxylic acids is 4. The van der Waals surface area contributed by atoms with Crippen molar-refractivity contribution in [1.29, 1.82) is 0 Å². The minimum Gasteiger partial charge on any atom is -0.385 e. The van der Waals surface area contributed by atoms with Gasteiger partial charge in [0.2, 0.25) is 11.8 Å². The Morgan fingerprint density at radius 2 is 1.95 bits per heavy atom. The average Bonchev–Trinajstić information content (AvgIpc) is 2.72. The number of rotatable bonds is 2. The van der Waals surface area contributed by atoms with E-state index in [4.69, 9.17) is 0 Å². The van der Waals surface area contributed by atoms with Crippen molar-refractivity contribution in [3.8, 4) is 0 Å². The summed E-state index contributed by atoms with van der Waals surface area (Å²) < 4.78 is 13.8. The fraction of sp³-hybridized carbons (Fsp3) is 0.286. The van der Waals surface area contributed by atoms with Crippen molar-refractivity contribution < 1.29 is 23.6 Å². The van der Waals surface area contributed by atoms with Gasteiger partial charge in [0.1, 0.15) is 11.9 Å². The maximum absolute atomic E-state index is 13.8. The van der Waals surface area contributed by atoms with Gasteiger partial charge < -0.3 is 5.32 Å². The van der Waals surface area contributed by atoms with E-state index in [0.29, 0.717) is 0 Å². The van der Waals surface area contributed by atoms with E-state index in [1.807, 2.05) is 0 Å². The summed E-state index contributed by atoms with van der Waals surface area (Å²) >= 11 is 0. The smallest absolute Gasteiger partial charge is 0.264 e. The van der Waals surface area contributed by atoms with E-state index < -0.39 is 35.5 Å².